The first-order valence-electron chi connectivity index (χ1n) is 6.97. The lowest BCUT2D eigenvalue weighted by Crippen LogP contribution is -2.25. The summed E-state index contributed by atoms with van der Waals surface area (Å²) in [6.45, 7) is 4.17. The average molecular weight is 289 g/mol. The monoisotopic (exact) mass is 289 g/mol. The molecule has 1 aromatic carbocycles. The van der Waals surface area contributed by atoms with Gasteiger partial charge in [0.15, 0.2) is 5.82 Å². The summed E-state index contributed by atoms with van der Waals surface area (Å²) in [5.74, 6) is 0.383. The lowest BCUT2D eigenvalue weighted by molar-refractivity contribution is -0.117. The Kier molecular flexibility index (Phi) is 3.45. The van der Waals surface area contributed by atoms with E-state index in [2.05, 4.69) is 10.1 Å². The predicted octanol–water partition coefficient (Wildman–Crippen LogP) is 2.60. The Morgan fingerprint density at radius 3 is 3.00 bits per heavy atom. The van der Waals surface area contributed by atoms with E-state index in [4.69, 9.17) is 4.52 Å². The number of aryl methyl sites for hydroxylation is 2. The molecule has 1 aromatic heterocycles. The smallest absolute Gasteiger partial charge is 0.232 e. The van der Waals surface area contributed by atoms with Crippen LogP contribution in [0.4, 0.5) is 10.1 Å². The lowest BCUT2D eigenvalue weighted by Gasteiger charge is -2.17. The van der Waals surface area contributed by atoms with Gasteiger partial charge in [0, 0.05) is 19.4 Å². The van der Waals surface area contributed by atoms with E-state index >= 15 is 0 Å². The minimum atomic E-state index is -0.394. The Labute approximate surface area is 121 Å². The topological polar surface area (TPSA) is 59.2 Å². The minimum absolute atomic E-state index is 0.124. The van der Waals surface area contributed by atoms with Crippen molar-refractivity contribution in [3.05, 3.63) is 41.3 Å². The number of benzene rings is 1. The van der Waals surface area contributed by atoms with Crippen molar-refractivity contribution in [2.75, 3.05) is 11.4 Å². The zero-order chi connectivity index (χ0) is 15.0. The Hall–Kier alpha value is -2.24. The third-order valence-corrected chi connectivity index (χ3v) is 3.67. The van der Waals surface area contributed by atoms with Crippen LogP contribution >= 0.6 is 0 Å². The first kappa shape index (κ1) is 13.7. The molecule has 1 aliphatic rings. The number of amides is 1. The fourth-order valence-corrected chi connectivity index (χ4v) is 2.51. The highest BCUT2D eigenvalue weighted by atomic mass is 19.1. The SMILES string of the molecule is CCc1noc([C@@H]2CC(=O)N(c3cc(C)ccc3F)C2)n1. The molecule has 0 bridgehead atoms. The Bertz CT molecular complexity index is 683. The number of rotatable bonds is 3. The molecule has 6 heteroatoms. The predicted molar refractivity (Wildman–Crippen MR) is 74.5 cm³/mol. The van der Waals surface area contributed by atoms with Crippen molar-refractivity contribution in [2.24, 2.45) is 0 Å². The van der Waals surface area contributed by atoms with Crippen LogP contribution in [0.1, 0.15) is 36.5 Å². The Morgan fingerprint density at radius 1 is 1.48 bits per heavy atom. The maximum absolute atomic E-state index is 13.9. The van der Waals surface area contributed by atoms with Gasteiger partial charge in [0.25, 0.3) is 0 Å². The quantitative estimate of drug-likeness (QED) is 0.871. The zero-order valence-corrected chi connectivity index (χ0v) is 12.0. The summed E-state index contributed by atoms with van der Waals surface area (Å²) in [6.07, 6.45) is 0.944. The van der Waals surface area contributed by atoms with Gasteiger partial charge >= 0.3 is 0 Å². The normalized spacial score (nSPS) is 18.5. The van der Waals surface area contributed by atoms with Crippen molar-refractivity contribution in [2.45, 2.75) is 32.6 Å². The maximum Gasteiger partial charge on any atom is 0.232 e. The van der Waals surface area contributed by atoms with E-state index in [1.807, 2.05) is 13.8 Å². The molecule has 0 aliphatic carbocycles. The third-order valence-electron chi connectivity index (χ3n) is 3.67. The van der Waals surface area contributed by atoms with Crippen LogP contribution in [0, 0.1) is 12.7 Å². The van der Waals surface area contributed by atoms with Gasteiger partial charge in [-0.2, -0.15) is 4.98 Å². The van der Waals surface area contributed by atoms with Crippen molar-refractivity contribution >= 4 is 11.6 Å². The summed E-state index contributed by atoms with van der Waals surface area (Å²) in [5, 5.41) is 3.84. The summed E-state index contributed by atoms with van der Waals surface area (Å²) in [5.41, 5.74) is 1.23. The van der Waals surface area contributed by atoms with Crippen molar-refractivity contribution in [3.63, 3.8) is 0 Å². The van der Waals surface area contributed by atoms with Gasteiger partial charge in [0.2, 0.25) is 11.8 Å². The fraction of sp³-hybridized carbons (Fsp3) is 0.400. The van der Waals surface area contributed by atoms with Crippen LogP contribution in [0.25, 0.3) is 0 Å². The van der Waals surface area contributed by atoms with Gasteiger partial charge in [-0.3, -0.25) is 4.79 Å². The molecule has 3 rings (SSSR count). The molecule has 5 nitrogen and oxygen atoms in total. The number of nitrogens with zero attached hydrogens (tertiary/aromatic N) is 3. The second-order valence-electron chi connectivity index (χ2n) is 5.26. The molecule has 2 aromatic rings. The first-order chi connectivity index (χ1) is 10.1. The van der Waals surface area contributed by atoms with Crippen molar-refractivity contribution in [1.29, 1.82) is 0 Å². The standard InChI is InChI=1S/C15H16FN3O2/c1-3-13-17-15(21-18-13)10-7-14(20)19(8-10)12-6-9(2)4-5-11(12)16/h4-6,10H,3,7-8H2,1-2H3/t10-/m1/s1. The Balaban J connectivity index is 1.86. The van der Waals surface area contributed by atoms with Crippen molar-refractivity contribution < 1.29 is 13.7 Å². The molecule has 0 saturated carbocycles. The first-order valence-corrected chi connectivity index (χ1v) is 6.97. The summed E-state index contributed by atoms with van der Waals surface area (Å²) < 4.78 is 19.1. The van der Waals surface area contributed by atoms with Crippen LogP contribution in [0.15, 0.2) is 22.7 Å². The molecule has 2 heterocycles. The molecule has 0 N–H and O–H groups in total. The summed E-state index contributed by atoms with van der Waals surface area (Å²) in [4.78, 5) is 17.9. The van der Waals surface area contributed by atoms with E-state index in [1.54, 1.807) is 12.1 Å². The average Bonchev–Trinajstić information content (AvgIpc) is 3.08. The van der Waals surface area contributed by atoms with E-state index in [-0.39, 0.29) is 18.2 Å². The van der Waals surface area contributed by atoms with Gasteiger partial charge in [0.05, 0.1) is 11.6 Å². The van der Waals surface area contributed by atoms with Gasteiger partial charge in [-0.1, -0.05) is 18.1 Å². The molecule has 1 fully saturated rings. The van der Waals surface area contributed by atoms with Gasteiger partial charge in [-0.15, -0.1) is 0 Å². The highest BCUT2D eigenvalue weighted by Crippen LogP contribution is 2.32. The van der Waals surface area contributed by atoms with Crippen LogP contribution < -0.4 is 4.90 Å². The molecule has 110 valence electrons. The Morgan fingerprint density at radius 2 is 2.29 bits per heavy atom. The van der Waals surface area contributed by atoms with E-state index in [1.165, 1.54) is 11.0 Å². The second kappa shape index (κ2) is 5.27. The van der Waals surface area contributed by atoms with Gasteiger partial charge in [-0.25, -0.2) is 4.39 Å². The number of halogens is 1. The summed E-state index contributed by atoms with van der Waals surface area (Å²) >= 11 is 0. The minimum Gasteiger partial charge on any atom is -0.339 e. The van der Waals surface area contributed by atoms with Crippen molar-refractivity contribution in [1.82, 2.24) is 10.1 Å². The molecule has 1 amide bonds. The highest BCUT2D eigenvalue weighted by Gasteiger charge is 2.36. The third kappa shape index (κ3) is 2.53. The van der Waals surface area contributed by atoms with Crippen LogP contribution in [-0.2, 0) is 11.2 Å². The summed E-state index contributed by atoms with van der Waals surface area (Å²) in [6, 6.07) is 4.75. The number of hydrogen-bond donors (Lipinski definition) is 0. The van der Waals surface area contributed by atoms with Crippen LogP contribution in [0.3, 0.4) is 0 Å². The van der Waals surface area contributed by atoms with Gasteiger partial charge in [0.1, 0.15) is 5.82 Å². The van der Waals surface area contributed by atoms with E-state index in [0.29, 0.717) is 30.4 Å². The molecular weight excluding hydrogens is 273 g/mol. The zero-order valence-electron chi connectivity index (χ0n) is 12.0. The fourth-order valence-electron chi connectivity index (χ4n) is 2.51. The molecule has 1 saturated heterocycles. The van der Waals surface area contributed by atoms with Crippen LogP contribution in [0.5, 0.6) is 0 Å². The second-order valence-corrected chi connectivity index (χ2v) is 5.26. The largest absolute Gasteiger partial charge is 0.339 e. The van der Waals surface area contributed by atoms with Crippen molar-refractivity contribution in [3.8, 4) is 0 Å². The maximum atomic E-state index is 13.9. The molecular formula is C15H16FN3O2. The van der Waals surface area contributed by atoms with Crippen LogP contribution in [0.2, 0.25) is 0 Å². The van der Waals surface area contributed by atoms with E-state index < -0.39 is 5.82 Å². The molecule has 0 radical (unpaired) electrons. The molecule has 0 unspecified atom stereocenters. The molecule has 1 aliphatic heterocycles. The van der Waals surface area contributed by atoms with Crippen LogP contribution in [-0.4, -0.2) is 22.6 Å². The molecule has 21 heavy (non-hydrogen) atoms. The number of hydrogen-bond acceptors (Lipinski definition) is 4. The number of aromatic nitrogens is 2. The van der Waals surface area contributed by atoms with Gasteiger partial charge in [-0.05, 0) is 24.6 Å². The van der Waals surface area contributed by atoms with Gasteiger partial charge < -0.3 is 9.42 Å². The lowest BCUT2D eigenvalue weighted by atomic mass is 10.1. The molecule has 0 spiro atoms. The summed E-state index contributed by atoms with van der Waals surface area (Å²) in [7, 11) is 0. The number of carbonyl (C=O) groups is 1. The highest BCUT2D eigenvalue weighted by molar-refractivity contribution is 5.96. The van der Waals surface area contributed by atoms with E-state index in [0.717, 1.165) is 5.56 Å². The van der Waals surface area contributed by atoms with E-state index in [9.17, 15) is 9.18 Å². The number of anilines is 1. The molecule has 1 atom stereocenters. The number of carbonyl (C=O) groups excluding carboxylic acids is 1.